The van der Waals surface area contributed by atoms with E-state index in [0.717, 1.165) is 17.6 Å². The summed E-state index contributed by atoms with van der Waals surface area (Å²) < 4.78 is 78.5. The van der Waals surface area contributed by atoms with Crippen molar-refractivity contribution in [1.29, 1.82) is 0 Å². The van der Waals surface area contributed by atoms with Crippen LogP contribution < -0.4 is 0 Å². The summed E-state index contributed by atoms with van der Waals surface area (Å²) in [6.45, 7) is 27.5. The van der Waals surface area contributed by atoms with E-state index in [2.05, 4.69) is 86.7 Å². The molecular formula is C57H91NO15Si. The van der Waals surface area contributed by atoms with Crippen LogP contribution >= 0.6 is 0 Å². The SMILES string of the molecule is CC[C@H](C)[C@H]1O[C@]2(C=C[C@@H]1C)C[C@@H]1C[C@@H](C/C=C(\C)[C@@H](O[C@H]3C[C@@H](OC)[C@@H](O[C@H]4C[C@@H](OC)[C@@H](OC(=O)N(C)C)[C@H](C)O4)[C@H](C)O3)[C@@H](C)/C=C/C=C3\CO[C@@H]4[C@H](O[Si](C)(C)C(C)(C)C)C(C)=C[C@@H](C(=O)O1)[C@]34O)O2. The Morgan fingerprint density at radius 2 is 1.54 bits per heavy atom. The number of aliphatic hydroxyl groups is 1. The van der Waals surface area contributed by atoms with Crippen LogP contribution in [0.15, 0.2) is 59.3 Å². The molecule has 0 aromatic carbocycles. The zero-order valence-electron chi connectivity index (χ0n) is 47.5. The molecule has 4 saturated heterocycles. The molecule has 2 bridgehead atoms. The summed E-state index contributed by atoms with van der Waals surface area (Å²) in [4.78, 5) is 28.7. The fourth-order valence-corrected chi connectivity index (χ4v) is 12.9. The zero-order chi connectivity index (χ0) is 54.2. The molecule has 0 unspecified atom stereocenters. The van der Waals surface area contributed by atoms with Crippen molar-refractivity contribution in [2.45, 2.75) is 230 Å². The number of carbonyl (C=O) groups is 2. The summed E-state index contributed by atoms with van der Waals surface area (Å²) in [6.07, 6.45) is 9.18. The quantitative estimate of drug-likeness (QED) is 0.118. The first kappa shape index (κ1) is 58.9. The molecule has 0 radical (unpaired) electrons. The van der Waals surface area contributed by atoms with E-state index in [9.17, 15) is 14.7 Å². The summed E-state index contributed by atoms with van der Waals surface area (Å²) in [6, 6.07) is 0. The smallest absolute Gasteiger partial charge is 0.409 e. The number of carbonyl (C=O) groups excluding carboxylic acids is 2. The topological polar surface area (TPSA) is 168 Å². The van der Waals surface area contributed by atoms with Gasteiger partial charge < -0.3 is 66.5 Å². The van der Waals surface area contributed by atoms with E-state index >= 15 is 0 Å². The lowest BCUT2D eigenvalue weighted by Gasteiger charge is -2.49. The summed E-state index contributed by atoms with van der Waals surface area (Å²) in [5.74, 6) is -2.47. The number of allylic oxidation sites excluding steroid dienone is 2. The summed E-state index contributed by atoms with van der Waals surface area (Å²) >= 11 is 0. The third-order valence-corrected chi connectivity index (χ3v) is 21.7. The summed E-state index contributed by atoms with van der Waals surface area (Å²) in [7, 11) is 4.12. The zero-order valence-corrected chi connectivity index (χ0v) is 48.5. The highest BCUT2D eigenvalue weighted by Gasteiger charge is 2.62. The van der Waals surface area contributed by atoms with E-state index in [1.54, 1.807) is 28.3 Å². The maximum absolute atomic E-state index is 14.9. The lowest BCUT2D eigenvalue weighted by atomic mass is 9.71. The summed E-state index contributed by atoms with van der Waals surface area (Å²) in [5, 5.41) is 13.1. The highest BCUT2D eigenvalue weighted by molar-refractivity contribution is 6.74. The van der Waals surface area contributed by atoms with Crippen LogP contribution in [-0.4, -0.2) is 163 Å². The largest absolute Gasteiger partial charge is 0.462 e. The van der Waals surface area contributed by atoms with Gasteiger partial charge in [-0.1, -0.05) is 91.3 Å². The molecule has 74 heavy (non-hydrogen) atoms. The van der Waals surface area contributed by atoms with Crippen molar-refractivity contribution in [3.63, 3.8) is 0 Å². The average molecular weight is 1060 g/mol. The van der Waals surface area contributed by atoms with Gasteiger partial charge in [0.05, 0.1) is 49.3 Å². The number of methoxy groups -OCH3 is 2. The van der Waals surface area contributed by atoms with Crippen LogP contribution in [0, 0.1) is 23.7 Å². The second-order valence-corrected chi connectivity index (χ2v) is 28.8. The predicted molar refractivity (Wildman–Crippen MR) is 281 cm³/mol. The van der Waals surface area contributed by atoms with Gasteiger partial charge in [-0.2, -0.15) is 0 Å². The Balaban J connectivity index is 1.19. The van der Waals surface area contributed by atoms with E-state index in [1.807, 2.05) is 45.1 Å². The van der Waals surface area contributed by atoms with E-state index in [4.69, 9.17) is 56.5 Å². The van der Waals surface area contributed by atoms with E-state index in [0.29, 0.717) is 37.7 Å². The molecular weight excluding hydrogens is 967 g/mol. The van der Waals surface area contributed by atoms with Gasteiger partial charge in [0.1, 0.15) is 35.9 Å². The first-order chi connectivity index (χ1) is 34.7. The van der Waals surface area contributed by atoms with Crippen molar-refractivity contribution >= 4 is 20.4 Å². The molecule has 418 valence electrons. The molecule has 7 aliphatic rings. The number of esters is 1. The second-order valence-electron chi connectivity index (χ2n) is 24.1. The van der Waals surface area contributed by atoms with Crippen LogP contribution in [0.5, 0.6) is 0 Å². The molecule has 20 atom stereocenters. The third kappa shape index (κ3) is 12.5. The number of rotatable bonds is 11. The van der Waals surface area contributed by atoms with Crippen LogP contribution in [0.4, 0.5) is 4.79 Å². The van der Waals surface area contributed by atoms with Gasteiger partial charge in [0.15, 0.2) is 32.8 Å². The molecule has 16 nitrogen and oxygen atoms in total. The standard InChI is InChI=1S/C57H91NO15Si/c1-18-32(2)48-35(5)24-25-56(72-48)30-41-27-40(71-56)23-22-34(4)47(68-45-28-43(62-14)50(37(7)65-45)69-46-29-44(63-15)51(38(8)66-46)70-54(60)58(12)13)33(3)20-19-21-39-31-64-52-49(73-74(16,17)55(9,10)11)36(6)26-42(53(59)67-41)57(39,52)61/h19-22,24-26,32-33,35,37-38,40-52,61H,18,23,27-31H2,1-17H3/b20-19+,34-22+,39-21+/t32-,33-,35-,37-,38-,40+,41-,42-,43+,44+,45-,46-,47-,48+,49+,50-,51-,52+,56+,57+/m0/s1. The minimum atomic E-state index is -2.39. The predicted octanol–water partition coefficient (Wildman–Crippen LogP) is 9.11. The Hall–Kier alpha value is -2.78. The van der Waals surface area contributed by atoms with Crippen LogP contribution in [0.3, 0.4) is 0 Å². The van der Waals surface area contributed by atoms with Crippen molar-refractivity contribution in [1.82, 2.24) is 4.90 Å². The lowest BCUT2D eigenvalue weighted by Crippen LogP contribution is -2.60. The van der Waals surface area contributed by atoms with Crippen LogP contribution in [0.1, 0.15) is 115 Å². The van der Waals surface area contributed by atoms with Gasteiger partial charge in [-0.3, -0.25) is 4.79 Å². The number of nitrogens with zero attached hydrogens (tertiary/aromatic N) is 1. The average Bonchev–Trinajstić information content (AvgIpc) is 3.67. The molecule has 1 N–H and O–H groups in total. The fraction of sp³-hybridized carbons (Fsp3) is 0.789. The Bertz CT molecular complexity index is 2120. The van der Waals surface area contributed by atoms with Crippen molar-refractivity contribution in [2.24, 2.45) is 23.7 Å². The number of amides is 1. The monoisotopic (exact) mass is 1060 g/mol. The van der Waals surface area contributed by atoms with Crippen LogP contribution in [-0.2, 0) is 61.3 Å². The molecule has 0 aromatic heterocycles. The fourth-order valence-electron chi connectivity index (χ4n) is 11.6. The lowest BCUT2D eigenvalue weighted by molar-refractivity contribution is -0.318. The van der Waals surface area contributed by atoms with Crippen LogP contribution in [0.2, 0.25) is 18.1 Å². The number of hydrogen-bond acceptors (Lipinski definition) is 15. The van der Waals surface area contributed by atoms with E-state index in [-0.39, 0.29) is 35.5 Å². The Kier molecular flexibility index (Phi) is 18.8. The molecule has 4 fully saturated rings. The molecule has 6 aliphatic heterocycles. The van der Waals surface area contributed by atoms with Gasteiger partial charge in [-0.15, -0.1) is 0 Å². The molecule has 0 saturated carbocycles. The van der Waals surface area contributed by atoms with E-state index < -0.39 is 117 Å². The van der Waals surface area contributed by atoms with Gasteiger partial charge in [0, 0.05) is 65.8 Å². The number of ether oxygens (including phenoxy) is 11. The third-order valence-electron chi connectivity index (χ3n) is 17.3. The van der Waals surface area contributed by atoms with Crippen molar-refractivity contribution in [3.8, 4) is 0 Å². The minimum absolute atomic E-state index is 0.0981. The second kappa shape index (κ2) is 23.7. The van der Waals surface area contributed by atoms with Gasteiger partial charge in [0.2, 0.25) is 0 Å². The van der Waals surface area contributed by atoms with Crippen LogP contribution in [0.25, 0.3) is 0 Å². The van der Waals surface area contributed by atoms with Crippen molar-refractivity contribution in [2.75, 3.05) is 34.9 Å². The molecule has 1 spiro atoms. The highest BCUT2D eigenvalue weighted by atomic mass is 28.4. The minimum Gasteiger partial charge on any atom is -0.462 e. The van der Waals surface area contributed by atoms with Gasteiger partial charge in [-0.05, 0) is 81.0 Å². The molecule has 0 aromatic rings. The Morgan fingerprint density at radius 3 is 2.18 bits per heavy atom. The molecule has 6 heterocycles. The first-order valence-electron chi connectivity index (χ1n) is 27.3. The molecule has 1 aliphatic carbocycles. The Morgan fingerprint density at radius 1 is 0.892 bits per heavy atom. The molecule has 17 heteroatoms. The van der Waals surface area contributed by atoms with Gasteiger partial charge in [0.25, 0.3) is 0 Å². The molecule has 1 amide bonds. The van der Waals surface area contributed by atoms with Gasteiger partial charge >= 0.3 is 12.1 Å². The van der Waals surface area contributed by atoms with Gasteiger partial charge in [-0.25, -0.2) is 4.79 Å². The van der Waals surface area contributed by atoms with Crippen molar-refractivity contribution in [3.05, 3.63) is 59.3 Å². The number of hydrogen-bond donors (Lipinski definition) is 1. The molecule has 7 rings (SSSR count). The van der Waals surface area contributed by atoms with E-state index in [1.165, 1.54) is 4.90 Å². The van der Waals surface area contributed by atoms with Crippen molar-refractivity contribution < 1.29 is 71.2 Å². The maximum atomic E-state index is 14.9. The highest BCUT2D eigenvalue weighted by Crippen LogP contribution is 2.50. The first-order valence-corrected chi connectivity index (χ1v) is 30.2. The Labute approximate surface area is 442 Å². The maximum Gasteiger partial charge on any atom is 0.409 e. The number of fused-ring (bicyclic) bond motifs is 2. The summed E-state index contributed by atoms with van der Waals surface area (Å²) in [5.41, 5.74) is 0.611. The normalized spacial score (nSPS) is 43.5.